The molecule has 0 aromatic heterocycles. The molecule has 0 fully saturated rings. The van der Waals surface area contributed by atoms with E-state index < -0.39 is 0 Å². The van der Waals surface area contributed by atoms with Gasteiger partial charge in [0.25, 0.3) is 0 Å². The van der Waals surface area contributed by atoms with Crippen LogP contribution in [-0.2, 0) is 25.8 Å². The topological polar surface area (TPSA) is 0 Å². The molecule has 0 aromatic carbocycles. The maximum absolute atomic E-state index is 3.76. The van der Waals surface area contributed by atoms with E-state index in [9.17, 15) is 0 Å². The SMILES string of the molecule is [CH2-]CCCC(C)C.[Hf]. The summed E-state index contributed by atoms with van der Waals surface area (Å²) < 4.78 is 0. The van der Waals surface area contributed by atoms with Crippen LogP contribution in [0.2, 0.25) is 0 Å². The number of hydrogen-bond acceptors (Lipinski definition) is 0. The van der Waals surface area contributed by atoms with Crippen LogP contribution in [0.5, 0.6) is 0 Å². The second kappa shape index (κ2) is 7.87. The van der Waals surface area contributed by atoms with Crippen LogP contribution < -0.4 is 0 Å². The monoisotopic (exact) mass is 279 g/mol. The summed E-state index contributed by atoms with van der Waals surface area (Å²) in [4.78, 5) is 0. The molecular weight excluding hydrogens is 263 g/mol. The smallest absolute Gasteiger partial charge is 0 e. The second-order valence-electron chi connectivity index (χ2n) is 2.39. The fourth-order valence-electron chi connectivity index (χ4n) is 0.553. The Morgan fingerprint density at radius 1 is 1.38 bits per heavy atom. The molecule has 0 bridgehead atoms. The van der Waals surface area contributed by atoms with E-state index in [1.807, 2.05) is 0 Å². The van der Waals surface area contributed by atoms with E-state index in [0.29, 0.717) is 0 Å². The van der Waals surface area contributed by atoms with E-state index in [1.165, 1.54) is 12.8 Å². The predicted octanol–water partition coefficient (Wildman–Crippen LogP) is 2.64. The summed E-state index contributed by atoms with van der Waals surface area (Å²) in [6.07, 6.45) is 3.72. The number of hydrogen-bond donors (Lipinski definition) is 0. The molecule has 0 amide bonds. The summed E-state index contributed by atoms with van der Waals surface area (Å²) in [5.74, 6) is 0.863. The molecule has 0 aliphatic heterocycles. The van der Waals surface area contributed by atoms with E-state index in [2.05, 4.69) is 20.8 Å². The number of unbranched alkanes of at least 4 members (excludes halogenated alkanes) is 1. The number of rotatable bonds is 3. The Balaban J connectivity index is 0. The summed E-state index contributed by atoms with van der Waals surface area (Å²) in [7, 11) is 0. The van der Waals surface area contributed by atoms with Crippen LogP contribution in [0.4, 0.5) is 0 Å². The van der Waals surface area contributed by atoms with Crippen LogP contribution >= 0.6 is 0 Å². The summed E-state index contributed by atoms with van der Waals surface area (Å²) in [5.41, 5.74) is 0. The van der Waals surface area contributed by atoms with Crippen molar-refractivity contribution in [1.29, 1.82) is 0 Å². The minimum absolute atomic E-state index is 0. The molecule has 0 spiro atoms. The molecule has 0 radical (unpaired) electrons. The van der Waals surface area contributed by atoms with Crippen molar-refractivity contribution in [1.82, 2.24) is 0 Å². The normalized spacial score (nSPS) is 9.00. The van der Waals surface area contributed by atoms with Gasteiger partial charge in [0.2, 0.25) is 0 Å². The second-order valence-corrected chi connectivity index (χ2v) is 2.39. The molecule has 0 nitrogen and oxygen atoms in total. The molecule has 48 valence electrons. The predicted molar refractivity (Wildman–Crippen MR) is 34.0 cm³/mol. The van der Waals surface area contributed by atoms with Gasteiger partial charge in [0, 0.05) is 25.8 Å². The Morgan fingerprint density at radius 3 is 2.00 bits per heavy atom. The third-order valence-electron chi connectivity index (χ3n) is 1.03. The average Bonchev–Trinajstić information content (AvgIpc) is 1.61. The molecule has 8 heavy (non-hydrogen) atoms. The van der Waals surface area contributed by atoms with E-state index >= 15 is 0 Å². The molecule has 0 rings (SSSR count). The van der Waals surface area contributed by atoms with Crippen LogP contribution in [-0.4, -0.2) is 0 Å². The van der Waals surface area contributed by atoms with E-state index in [-0.39, 0.29) is 25.8 Å². The van der Waals surface area contributed by atoms with Crippen molar-refractivity contribution in [2.45, 2.75) is 33.1 Å². The van der Waals surface area contributed by atoms with Crippen molar-refractivity contribution >= 4 is 0 Å². The van der Waals surface area contributed by atoms with Gasteiger partial charge in [-0.2, -0.15) is 6.42 Å². The summed E-state index contributed by atoms with van der Waals surface area (Å²) in [5, 5.41) is 0. The minimum Gasteiger partial charge on any atom is -0.343 e. The first-order chi connectivity index (χ1) is 3.27. The molecule has 0 aliphatic rings. The van der Waals surface area contributed by atoms with Gasteiger partial charge >= 0.3 is 0 Å². The Labute approximate surface area is 71.8 Å². The molecule has 0 N–H and O–H groups in total. The Morgan fingerprint density at radius 2 is 1.88 bits per heavy atom. The van der Waals surface area contributed by atoms with Crippen LogP contribution in [0.25, 0.3) is 0 Å². The van der Waals surface area contributed by atoms with Crippen molar-refractivity contribution in [3.63, 3.8) is 0 Å². The van der Waals surface area contributed by atoms with Crippen molar-refractivity contribution in [3.8, 4) is 0 Å². The molecule has 0 aliphatic carbocycles. The molecular formula is C7H15Hf-. The first-order valence-electron chi connectivity index (χ1n) is 3.06. The van der Waals surface area contributed by atoms with Gasteiger partial charge in [0.05, 0.1) is 0 Å². The van der Waals surface area contributed by atoms with Crippen molar-refractivity contribution in [2.75, 3.05) is 0 Å². The van der Waals surface area contributed by atoms with Gasteiger partial charge in [-0.25, -0.2) is 0 Å². The molecule has 0 unspecified atom stereocenters. The summed E-state index contributed by atoms with van der Waals surface area (Å²) >= 11 is 0. The van der Waals surface area contributed by atoms with Crippen LogP contribution in [0.1, 0.15) is 33.1 Å². The van der Waals surface area contributed by atoms with Gasteiger partial charge in [-0.1, -0.05) is 26.7 Å². The molecule has 0 aromatic rings. The zero-order valence-corrected chi connectivity index (χ0v) is 9.50. The third kappa shape index (κ3) is 9.98. The summed E-state index contributed by atoms with van der Waals surface area (Å²) in [6.45, 7) is 8.25. The first-order valence-corrected chi connectivity index (χ1v) is 3.06. The maximum atomic E-state index is 3.76. The fourth-order valence-corrected chi connectivity index (χ4v) is 0.553. The Hall–Kier alpha value is 0.870. The van der Waals surface area contributed by atoms with Crippen molar-refractivity contribution < 1.29 is 25.8 Å². The Bertz CT molecular complexity index is 33.4. The summed E-state index contributed by atoms with van der Waals surface area (Å²) in [6, 6.07) is 0. The Kier molecular flexibility index (Phi) is 11.5. The van der Waals surface area contributed by atoms with E-state index in [1.54, 1.807) is 0 Å². The van der Waals surface area contributed by atoms with Gasteiger partial charge < -0.3 is 6.92 Å². The minimum atomic E-state index is 0. The van der Waals surface area contributed by atoms with E-state index in [0.717, 1.165) is 12.3 Å². The first kappa shape index (κ1) is 11.6. The van der Waals surface area contributed by atoms with Gasteiger partial charge in [0.1, 0.15) is 0 Å². The van der Waals surface area contributed by atoms with Crippen molar-refractivity contribution in [2.24, 2.45) is 5.92 Å². The van der Waals surface area contributed by atoms with Gasteiger partial charge in [-0.3, -0.25) is 0 Å². The average molecular weight is 278 g/mol. The zero-order chi connectivity index (χ0) is 5.70. The van der Waals surface area contributed by atoms with E-state index in [4.69, 9.17) is 0 Å². The molecule has 0 heterocycles. The largest absolute Gasteiger partial charge is 0.343 e. The standard InChI is InChI=1S/C7H15.Hf/c1-4-5-6-7(2)3;/h7H,1,4-6H2,2-3H3;/q-1;. The fraction of sp³-hybridized carbons (Fsp3) is 0.857. The van der Waals surface area contributed by atoms with Crippen LogP contribution in [0.3, 0.4) is 0 Å². The molecule has 0 atom stereocenters. The van der Waals surface area contributed by atoms with Crippen LogP contribution in [0, 0.1) is 12.8 Å². The quantitative estimate of drug-likeness (QED) is 0.550. The van der Waals surface area contributed by atoms with Gasteiger partial charge in [0.15, 0.2) is 0 Å². The van der Waals surface area contributed by atoms with Crippen molar-refractivity contribution in [3.05, 3.63) is 6.92 Å². The zero-order valence-electron chi connectivity index (χ0n) is 5.91. The molecule has 1 heteroatoms. The third-order valence-corrected chi connectivity index (χ3v) is 1.03. The van der Waals surface area contributed by atoms with Gasteiger partial charge in [-0.15, -0.1) is 0 Å². The van der Waals surface area contributed by atoms with Crippen LogP contribution in [0.15, 0.2) is 0 Å². The maximum Gasteiger partial charge on any atom is 0 e. The molecule has 0 saturated heterocycles. The van der Waals surface area contributed by atoms with Gasteiger partial charge in [-0.05, 0) is 5.92 Å². The molecule has 0 saturated carbocycles.